The lowest BCUT2D eigenvalue weighted by Crippen LogP contribution is -2.13. The minimum atomic E-state index is -4.18. The third-order valence-corrected chi connectivity index (χ3v) is 3.40. The number of nitrogens with zero attached hydrogens (tertiary/aromatic N) is 2. The Morgan fingerprint density at radius 1 is 1.28 bits per heavy atom. The van der Waals surface area contributed by atoms with E-state index in [0.29, 0.717) is 5.82 Å². The monoisotopic (exact) mass is 373 g/mol. The first kappa shape index (κ1) is 15.5. The van der Waals surface area contributed by atoms with E-state index in [9.17, 15) is 13.2 Å². The third kappa shape index (κ3) is 4.25. The zero-order valence-electron chi connectivity index (χ0n) is 10.4. The molecule has 0 aromatic carbocycles. The van der Waals surface area contributed by atoms with Gasteiger partial charge in [0.1, 0.15) is 11.6 Å². The minimum absolute atomic E-state index is 0.150. The minimum Gasteiger partial charge on any atom is -0.372 e. The normalized spacial score (nSPS) is 12.0. The molecule has 0 radical (unpaired) electrons. The van der Waals surface area contributed by atoms with Crippen molar-refractivity contribution in [1.29, 1.82) is 0 Å². The molecule has 18 heavy (non-hydrogen) atoms. The van der Waals surface area contributed by atoms with Crippen LogP contribution < -0.4 is 5.32 Å². The molecule has 1 heterocycles. The van der Waals surface area contributed by atoms with Crippen molar-refractivity contribution in [2.45, 2.75) is 38.8 Å². The highest BCUT2D eigenvalue weighted by molar-refractivity contribution is 14.1. The van der Waals surface area contributed by atoms with Gasteiger partial charge in [0.15, 0.2) is 0 Å². The summed E-state index contributed by atoms with van der Waals surface area (Å²) in [7, 11) is 1.70. The van der Waals surface area contributed by atoms with Crippen molar-refractivity contribution in [3.05, 3.63) is 15.1 Å². The van der Waals surface area contributed by atoms with Gasteiger partial charge in [-0.1, -0.05) is 13.8 Å². The molecule has 1 N–H and O–H groups in total. The largest absolute Gasteiger partial charge is 0.389 e. The summed E-state index contributed by atoms with van der Waals surface area (Å²) in [6.07, 6.45) is -5.26. The standard InChI is InChI=1S/C11H15F3IN3/c1-6(2)9-8(15)10(16-3)18-7(17-9)4-5-11(12,13)14/h6H,4-5H2,1-3H3,(H,16,17,18). The highest BCUT2D eigenvalue weighted by Crippen LogP contribution is 2.26. The summed E-state index contributed by atoms with van der Waals surface area (Å²) in [5.74, 6) is 0.976. The Kier molecular flexibility index (Phi) is 5.18. The van der Waals surface area contributed by atoms with Crippen LogP contribution in [0.5, 0.6) is 0 Å². The van der Waals surface area contributed by atoms with E-state index < -0.39 is 12.6 Å². The molecule has 0 aliphatic carbocycles. The maximum absolute atomic E-state index is 12.2. The maximum Gasteiger partial charge on any atom is 0.389 e. The van der Waals surface area contributed by atoms with Crippen LogP contribution in [-0.2, 0) is 6.42 Å². The Hall–Kier alpha value is -0.600. The molecule has 0 spiro atoms. The lowest BCUT2D eigenvalue weighted by Gasteiger charge is -2.13. The van der Waals surface area contributed by atoms with Gasteiger partial charge in [-0.25, -0.2) is 9.97 Å². The Bertz CT molecular complexity index is 419. The maximum atomic E-state index is 12.2. The topological polar surface area (TPSA) is 37.8 Å². The van der Waals surface area contributed by atoms with Gasteiger partial charge in [0.25, 0.3) is 0 Å². The van der Waals surface area contributed by atoms with E-state index in [0.717, 1.165) is 9.26 Å². The first-order valence-corrected chi connectivity index (χ1v) is 6.63. The van der Waals surface area contributed by atoms with Crippen LogP contribution in [0.2, 0.25) is 0 Å². The van der Waals surface area contributed by atoms with E-state index in [1.807, 2.05) is 13.8 Å². The predicted octanol–water partition coefficient (Wildman–Crippen LogP) is 3.74. The molecule has 0 unspecified atom stereocenters. The average molecular weight is 373 g/mol. The van der Waals surface area contributed by atoms with E-state index >= 15 is 0 Å². The third-order valence-electron chi connectivity index (χ3n) is 2.34. The van der Waals surface area contributed by atoms with Crippen molar-refractivity contribution in [1.82, 2.24) is 9.97 Å². The summed E-state index contributed by atoms with van der Waals surface area (Å²) < 4.78 is 37.4. The Morgan fingerprint density at radius 2 is 1.89 bits per heavy atom. The van der Waals surface area contributed by atoms with Crippen LogP contribution in [0.4, 0.5) is 19.0 Å². The van der Waals surface area contributed by atoms with Gasteiger partial charge in [-0.3, -0.25) is 0 Å². The second-order valence-corrected chi connectivity index (χ2v) is 5.29. The average Bonchev–Trinajstić information content (AvgIpc) is 2.26. The van der Waals surface area contributed by atoms with E-state index in [-0.39, 0.29) is 18.2 Å². The van der Waals surface area contributed by atoms with Gasteiger partial charge in [-0.15, -0.1) is 0 Å². The zero-order valence-corrected chi connectivity index (χ0v) is 12.6. The SMILES string of the molecule is CNc1nc(CCC(F)(F)F)nc(C(C)C)c1I. The molecule has 0 amide bonds. The van der Waals surface area contributed by atoms with Gasteiger partial charge < -0.3 is 5.32 Å². The Balaban J connectivity index is 3.03. The van der Waals surface area contributed by atoms with Crippen molar-refractivity contribution in [2.24, 2.45) is 0 Å². The highest BCUT2D eigenvalue weighted by atomic mass is 127. The molecule has 0 aliphatic rings. The molecule has 0 aliphatic heterocycles. The molecule has 7 heteroatoms. The number of rotatable bonds is 4. The predicted molar refractivity (Wildman–Crippen MR) is 72.8 cm³/mol. The molecule has 102 valence electrons. The number of halogens is 4. The number of alkyl halides is 3. The van der Waals surface area contributed by atoms with E-state index in [2.05, 4.69) is 37.9 Å². The van der Waals surface area contributed by atoms with Gasteiger partial charge in [-0.05, 0) is 28.5 Å². The lowest BCUT2D eigenvalue weighted by molar-refractivity contribution is -0.134. The Morgan fingerprint density at radius 3 is 2.33 bits per heavy atom. The molecule has 0 saturated heterocycles. The van der Waals surface area contributed by atoms with Gasteiger partial charge in [-0.2, -0.15) is 13.2 Å². The van der Waals surface area contributed by atoms with Gasteiger partial charge >= 0.3 is 6.18 Å². The number of aromatic nitrogens is 2. The van der Waals surface area contributed by atoms with Gasteiger partial charge in [0.2, 0.25) is 0 Å². The van der Waals surface area contributed by atoms with Crippen molar-refractivity contribution < 1.29 is 13.2 Å². The molecule has 0 saturated carbocycles. The van der Waals surface area contributed by atoms with Crippen LogP contribution >= 0.6 is 22.6 Å². The molecule has 1 aromatic rings. The lowest BCUT2D eigenvalue weighted by atomic mass is 10.1. The van der Waals surface area contributed by atoms with E-state index in [4.69, 9.17) is 0 Å². The molecule has 0 bridgehead atoms. The molecular weight excluding hydrogens is 358 g/mol. The van der Waals surface area contributed by atoms with Crippen LogP contribution in [0.3, 0.4) is 0 Å². The van der Waals surface area contributed by atoms with Crippen LogP contribution in [-0.4, -0.2) is 23.2 Å². The smallest absolute Gasteiger partial charge is 0.372 e. The van der Waals surface area contributed by atoms with Crippen LogP contribution in [0.1, 0.15) is 37.7 Å². The second-order valence-electron chi connectivity index (χ2n) is 4.21. The summed E-state index contributed by atoms with van der Waals surface area (Å²) in [4.78, 5) is 8.33. The molecule has 3 nitrogen and oxygen atoms in total. The highest BCUT2D eigenvalue weighted by Gasteiger charge is 2.27. The summed E-state index contributed by atoms with van der Waals surface area (Å²) in [6, 6.07) is 0. The van der Waals surface area contributed by atoms with Crippen molar-refractivity contribution in [2.75, 3.05) is 12.4 Å². The van der Waals surface area contributed by atoms with Crippen LogP contribution in [0.15, 0.2) is 0 Å². The number of aryl methyl sites for hydroxylation is 1. The first-order chi connectivity index (χ1) is 8.24. The summed E-state index contributed by atoms with van der Waals surface area (Å²) in [5, 5.41) is 2.89. The quantitative estimate of drug-likeness (QED) is 0.818. The fourth-order valence-corrected chi connectivity index (χ4v) is 2.56. The molecule has 1 rings (SSSR count). The number of hydrogen-bond donors (Lipinski definition) is 1. The van der Waals surface area contributed by atoms with Crippen LogP contribution in [0.25, 0.3) is 0 Å². The first-order valence-electron chi connectivity index (χ1n) is 5.55. The van der Waals surface area contributed by atoms with Crippen molar-refractivity contribution in [3.8, 4) is 0 Å². The Labute approximate surface area is 118 Å². The van der Waals surface area contributed by atoms with Crippen LogP contribution in [0, 0.1) is 3.57 Å². The zero-order chi connectivity index (χ0) is 13.9. The molecule has 1 aromatic heterocycles. The fraction of sp³-hybridized carbons (Fsp3) is 0.636. The van der Waals surface area contributed by atoms with E-state index in [1.165, 1.54) is 0 Å². The van der Waals surface area contributed by atoms with Gasteiger partial charge in [0, 0.05) is 13.5 Å². The summed E-state index contributed by atoms with van der Waals surface area (Å²) in [5.41, 5.74) is 0.784. The molecular formula is C11H15F3IN3. The van der Waals surface area contributed by atoms with Crippen molar-refractivity contribution in [3.63, 3.8) is 0 Å². The number of anilines is 1. The van der Waals surface area contributed by atoms with Gasteiger partial charge in [0.05, 0.1) is 15.7 Å². The summed E-state index contributed by atoms with van der Waals surface area (Å²) >= 11 is 2.11. The molecule has 0 atom stereocenters. The number of hydrogen-bond acceptors (Lipinski definition) is 3. The summed E-state index contributed by atoms with van der Waals surface area (Å²) in [6.45, 7) is 3.91. The van der Waals surface area contributed by atoms with E-state index in [1.54, 1.807) is 7.05 Å². The second kappa shape index (κ2) is 6.03. The number of nitrogens with one attached hydrogen (secondary N) is 1. The molecule has 0 fully saturated rings. The van der Waals surface area contributed by atoms with Crippen molar-refractivity contribution >= 4 is 28.4 Å². The fourth-order valence-electron chi connectivity index (χ4n) is 1.43.